The summed E-state index contributed by atoms with van der Waals surface area (Å²) < 4.78 is 0. The maximum atomic E-state index is 10.5. The van der Waals surface area contributed by atoms with Crippen LogP contribution in [-0.4, -0.2) is 36.6 Å². The van der Waals surface area contributed by atoms with Crippen LogP contribution in [0.15, 0.2) is 0 Å². The molecule has 3 heteroatoms. The van der Waals surface area contributed by atoms with E-state index in [2.05, 4.69) is 0 Å². The predicted octanol–water partition coefficient (Wildman–Crippen LogP) is 0.659. The van der Waals surface area contributed by atoms with E-state index in [9.17, 15) is 4.79 Å². The maximum absolute atomic E-state index is 10.5. The van der Waals surface area contributed by atoms with E-state index in [1.54, 1.807) is 13.8 Å². The average molecular weight is 145 g/mol. The third-order valence-corrected chi connectivity index (χ3v) is 1.29. The van der Waals surface area contributed by atoms with Crippen LogP contribution in [0.1, 0.15) is 13.8 Å². The number of rotatable bonds is 3. The van der Waals surface area contributed by atoms with Gasteiger partial charge in [-0.15, -0.1) is 0 Å². The van der Waals surface area contributed by atoms with Crippen molar-refractivity contribution in [3.05, 3.63) is 0 Å². The van der Waals surface area contributed by atoms with E-state index < -0.39 is 11.4 Å². The molecule has 0 aliphatic carbocycles. The smallest absolute Gasteiger partial charge is 0.310 e. The molecule has 0 saturated heterocycles. The van der Waals surface area contributed by atoms with Gasteiger partial charge in [-0.1, -0.05) is 0 Å². The third kappa shape index (κ3) is 2.82. The van der Waals surface area contributed by atoms with Crippen LogP contribution < -0.4 is 0 Å². The highest BCUT2D eigenvalue weighted by molar-refractivity contribution is 5.73. The van der Waals surface area contributed by atoms with Crippen molar-refractivity contribution in [2.75, 3.05) is 20.6 Å². The molecule has 0 fully saturated rings. The molecule has 0 aliphatic heterocycles. The molecular formula is C7H15NO2. The number of hydrogen-bond acceptors (Lipinski definition) is 2. The van der Waals surface area contributed by atoms with E-state index in [-0.39, 0.29) is 0 Å². The maximum Gasteiger partial charge on any atom is 0.310 e. The quantitative estimate of drug-likeness (QED) is 0.634. The highest BCUT2D eigenvalue weighted by Gasteiger charge is 2.27. The summed E-state index contributed by atoms with van der Waals surface area (Å²) in [6, 6.07) is 0. The van der Waals surface area contributed by atoms with Gasteiger partial charge in [-0.25, -0.2) is 0 Å². The Morgan fingerprint density at radius 2 is 1.90 bits per heavy atom. The van der Waals surface area contributed by atoms with Crippen molar-refractivity contribution in [2.24, 2.45) is 5.41 Å². The van der Waals surface area contributed by atoms with Crippen molar-refractivity contribution in [1.29, 1.82) is 0 Å². The van der Waals surface area contributed by atoms with Gasteiger partial charge < -0.3 is 10.0 Å². The van der Waals surface area contributed by atoms with Gasteiger partial charge in [0.2, 0.25) is 0 Å². The van der Waals surface area contributed by atoms with Crippen LogP contribution in [0.25, 0.3) is 0 Å². The van der Waals surface area contributed by atoms with Crippen molar-refractivity contribution < 1.29 is 9.90 Å². The Bertz CT molecular complexity index is 130. The van der Waals surface area contributed by atoms with Crippen LogP contribution in [0, 0.1) is 5.41 Å². The molecule has 60 valence electrons. The summed E-state index contributed by atoms with van der Waals surface area (Å²) in [5.41, 5.74) is -0.635. The van der Waals surface area contributed by atoms with Crippen molar-refractivity contribution in [3.8, 4) is 0 Å². The Hall–Kier alpha value is -0.570. The van der Waals surface area contributed by atoms with Gasteiger partial charge in [0.25, 0.3) is 0 Å². The van der Waals surface area contributed by atoms with Gasteiger partial charge in [0.05, 0.1) is 5.41 Å². The van der Waals surface area contributed by atoms with E-state index in [0.717, 1.165) is 0 Å². The summed E-state index contributed by atoms with van der Waals surface area (Å²) in [6.45, 7) is 4.01. The fourth-order valence-corrected chi connectivity index (χ4v) is 0.858. The third-order valence-electron chi connectivity index (χ3n) is 1.29. The molecule has 0 aromatic rings. The first-order valence-corrected chi connectivity index (χ1v) is 3.24. The molecule has 0 radical (unpaired) electrons. The minimum absolute atomic E-state index is 0.572. The first kappa shape index (κ1) is 9.43. The molecule has 0 aromatic heterocycles. The van der Waals surface area contributed by atoms with Crippen LogP contribution in [-0.2, 0) is 4.79 Å². The largest absolute Gasteiger partial charge is 0.481 e. The van der Waals surface area contributed by atoms with E-state index in [1.807, 2.05) is 19.0 Å². The minimum Gasteiger partial charge on any atom is -0.481 e. The summed E-state index contributed by atoms with van der Waals surface area (Å²) >= 11 is 0. The first-order chi connectivity index (χ1) is 4.36. The molecule has 0 unspecified atom stereocenters. The number of carboxylic acid groups (broad SMARTS) is 1. The SMILES string of the molecule is CN(C)CC(C)(C)C(=O)O. The van der Waals surface area contributed by atoms with Gasteiger partial charge in [-0.2, -0.15) is 0 Å². The summed E-state index contributed by atoms with van der Waals surface area (Å²) in [5.74, 6) is -0.749. The second-order valence-corrected chi connectivity index (χ2v) is 3.43. The second-order valence-electron chi connectivity index (χ2n) is 3.43. The van der Waals surface area contributed by atoms with Crippen molar-refractivity contribution in [1.82, 2.24) is 4.90 Å². The zero-order valence-electron chi connectivity index (χ0n) is 7.01. The van der Waals surface area contributed by atoms with Gasteiger partial charge in [0.1, 0.15) is 0 Å². The number of nitrogens with zero attached hydrogens (tertiary/aromatic N) is 1. The minimum atomic E-state index is -0.749. The molecular weight excluding hydrogens is 130 g/mol. The molecule has 0 bridgehead atoms. The zero-order valence-corrected chi connectivity index (χ0v) is 7.01. The molecule has 0 rings (SSSR count). The fraction of sp³-hybridized carbons (Fsp3) is 0.857. The molecule has 0 amide bonds. The summed E-state index contributed by atoms with van der Waals surface area (Å²) in [5, 5.41) is 8.66. The Morgan fingerprint density at radius 3 is 2.00 bits per heavy atom. The lowest BCUT2D eigenvalue weighted by Crippen LogP contribution is -2.35. The zero-order chi connectivity index (χ0) is 8.36. The monoisotopic (exact) mass is 145 g/mol. The highest BCUT2D eigenvalue weighted by Crippen LogP contribution is 2.15. The molecule has 0 spiro atoms. The van der Waals surface area contributed by atoms with Crippen LogP contribution >= 0.6 is 0 Å². The normalized spacial score (nSPS) is 12.1. The lowest BCUT2D eigenvalue weighted by atomic mass is 9.93. The van der Waals surface area contributed by atoms with Gasteiger partial charge >= 0.3 is 5.97 Å². The Labute approximate surface area is 61.6 Å². The summed E-state index contributed by atoms with van der Waals surface area (Å²) in [4.78, 5) is 12.4. The lowest BCUT2D eigenvalue weighted by molar-refractivity contribution is -0.147. The second kappa shape index (κ2) is 3.01. The number of carboxylic acids is 1. The highest BCUT2D eigenvalue weighted by atomic mass is 16.4. The summed E-state index contributed by atoms with van der Waals surface area (Å²) in [7, 11) is 3.73. The van der Waals surface area contributed by atoms with Crippen molar-refractivity contribution in [2.45, 2.75) is 13.8 Å². The summed E-state index contributed by atoms with van der Waals surface area (Å²) in [6.07, 6.45) is 0. The number of carbonyl (C=O) groups is 1. The van der Waals surface area contributed by atoms with Gasteiger partial charge in [0, 0.05) is 6.54 Å². The molecule has 0 aliphatic rings. The van der Waals surface area contributed by atoms with Crippen LogP contribution in [0.3, 0.4) is 0 Å². The Kier molecular flexibility index (Phi) is 2.84. The van der Waals surface area contributed by atoms with Crippen molar-refractivity contribution >= 4 is 5.97 Å². The van der Waals surface area contributed by atoms with E-state index in [0.29, 0.717) is 6.54 Å². The van der Waals surface area contributed by atoms with E-state index in [4.69, 9.17) is 5.11 Å². The number of aliphatic carboxylic acids is 1. The van der Waals surface area contributed by atoms with Gasteiger partial charge in [0.15, 0.2) is 0 Å². The molecule has 0 atom stereocenters. The first-order valence-electron chi connectivity index (χ1n) is 3.24. The molecule has 0 aromatic carbocycles. The van der Waals surface area contributed by atoms with Crippen LogP contribution in [0.4, 0.5) is 0 Å². The standard InChI is InChI=1S/C7H15NO2/c1-7(2,6(9)10)5-8(3)4/h5H2,1-4H3,(H,9,10). The van der Waals surface area contributed by atoms with E-state index in [1.165, 1.54) is 0 Å². The van der Waals surface area contributed by atoms with Crippen LogP contribution in [0.2, 0.25) is 0 Å². The molecule has 1 N–H and O–H groups in total. The fourth-order valence-electron chi connectivity index (χ4n) is 0.858. The van der Waals surface area contributed by atoms with Gasteiger partial charge in [-0.3, -0.25) is 4.79 Å². The number of hydrogen-bond donors (Lipinski definition) is 1. The van der Waals surface area contributed by atoms with Crippen LogP contribution in [0.5, 0.6) is 0 Å². The van der Waals surface area contributed by atoms with Gasteiger partial charge in [-0.05, 0) is 27.9 Å². The molecule has 10 heavy (non-hydrogen) atoms. The van der Waals surface area contributed by atoms with Crippen molar-refractivity contribution in [3.63, 3.8) is 0 Å². The Morgan fingerprint density at radius 1 is 1.50 bits per heavy atom. The molecule has 3 nitrogen and oxygen atoms in total. The Balaban J connectivity index is 4.00. The lowest BCUT2D eigenvalue weighted by Gasteiger charge is -2.22. The predicted molar refractivity (Wildman–Crippen MR) is 40.0 cm³/mol. The molecule has 0 saturated carbocycles. The molecule has 0 heterocycles. The average Bonchev–Trinajstić information content (AvgIpc) is 1.60. The topological polar surface area (TPSA) is 40.5 Å². The van der Waals surface area contributed by atoms with E-state index >= 15 is 0 Å².